The fraction of sp³-hybridized carbons (Fsp3) is 0.667. The highest BCUT2D eigenvalue weighted by atomic mass is 16.5. The summed E-state index contributed by atoms with van der Waals surface area (Å²) in [5.41, 5.74) is 5.27. The van der Waals surface area contributed by atoms with Crippen LogP contribution in [0.3, 0.4) is 0 Å². The first-order valence-electron chi connectivity index (χ1n) is 3.33. The van der Waals surface area contributed by atoms with E-state index in [4.69, 9.17) is 15.0 Å². The number of methoxy groups -OCH3 is 1. The van der Waals surface area contributed by atoms with E-state index in [1.165, 1.54) is 0 Å². The Labute approximate surface area is 64.5 Å². The standard InChI is InChI=1S/C6H11N3O2/c1-4(10-2)6-8-5(3-7)11-9-6/h4H,3,7H2,1-2H3. The summed E-state index contributed by atoms with van der Waals surface area (Å²) in [6.45, 7) is 2.11. The molecule has 11 heavy (non-hydrogen) atoms. The van der Waals surface area contributed by atoms with E-state index in [-0.39, 0.29) is 12.6 Å². The van der Waals surface area contributed by atoms with E-state index in [0.29, 0.717) is 11.7 Å². The van der Waals surface area contributed by atoms with Gasteiger partial charge in [0.1, 0.15) is 6.10 Å². The second-order valence-corrected chi connectivity index (χ2v) is 2.13. The van der Waals surface area contributed by atoms with Crippen LogP contribution in [0.15, 0.2) is 4.52 Å². The van der Waals surface area contributed by atoms with Gasteiger partial charge in [-0.1, -0.05) is 5.16 Å². The van der Waals surface area contributed by atoms with E-state index in [0.717, 1.165) is 0 Å². The first-order chi connectivity index (χ1) is 5.27. The number of rotatable bonds is 3. The summed E-state index contributed by atoms with van der Waals surface area (Å²) >= 11 is 0. The van der Waals surface area contributed by atoms with Gasteiger partial charge in [-0.25, -0.2) is 0 Å². The minimum absolute atomic E-state index is 0.140. The van der Waals surface area contributed by atoms with Crippen LogP contribution in [0, 0.1) is 0 Å². The molecule has 1 heterocycles. The summed E-state index contributed by atoms with van der Waals surface area (Å²) in [6.07, 6.45) is -0.140. The van der Waals surface area contributed by atoms with Crippen LogP contribution in [0.5, 0.6) is 0 Å². The lowest BCUT2D eigenvalue weighted by atomic mass is 10.4. The molecule has 1 aromatic heterocycles. The third kappa shape index (κ3) is 1.75. The maximum absolute atomic E-state index is 5.27. The second kappa shape index (κ2) is 3.45. The molecule has 0 saturated carbocycles. The Kier molecular flexibility index (Phi) is 2.56. The number of hydrogen-bond donors (Lipinski definition) is 1. The van der Waals surface area contributed by atoms with Crippen LogP contribution < -0.4 is 5.73 Å². The van der Waals surface area contributed by atoms with Crippen LogP contribution in [0.25, 0.3) is 0 Å². The summed E-state index contributed by atoms with van der Waals surface area (Å²) < 4.78 is 9.74. The third-order valence-corrected chi connectivity index (χ3v) is 1.38. The van der Waals surface area contributed by atoms with Crippen molar-refractivity contribution in [2.24, 2.45) is 5.73 Å². The van der Waals surface area contributed by atoms with Gasteiger partial charge in [-0.05, 0) is 6.92 Å². The molecule has 1 aromatic rings. The highest BCUT2D eigenvalue weighted by molar-refractivity contribution is 4.88. The van der Waals surface area contributed by atoms with Crippen LogP contribution in [-0.2, 0) is 11.3 Å². The molecule has 1 unspecified atom stereocenters. The topological polar surface area (TPSA) is 74.2 Å². The van der Waals surface area contributed by atoms with E-state index in [1.54, 1.807) is 7.11 Å². The molecule has 62 valence electrons. The van der Waals surface area contributed by atoms with Gasteiger partial charge in [0.15, 0.2) is 5.82 Å². The molecular formula is C6H11N3O2. The highest BCUT2D eigenvalue weighted by Crippen LogP contribution is 2.10. The minimum Gasteiger partial charge on any atom is -0.374 e. The van der Waals surface area contributed by atoms with Gasteiger partial charge >= 0.3 is 0 Å². The Morgan fingerprint density at radius 1 is 1.73 bits per heavy atom. The van der Waals surface area contributed by atoms with Crippen LogP contribution in [0.4, 0.5) is 0 Å². The highest BCUT2D eigenvalue weighted by Gasteiger charge is 2.10. The van der Waals surface area contributed by atoms with Crippen molar-refractivity contribution >= 4 is 0 Å². The summed E-state index contributed by atoms with van der Waals surface area (Å²) in [5.74, 6) is 0.969. The molecule has 0 aliphatic heterocycles. The maximum Gasteiger partial charge on any atom is 0.240 e. The van der Waals surface area contributed by atoms with Gasteiger partial charge in [0.25, 0.3) is 0 Å². The molecule has 2 N–H and O–H groups in total. The van der Waals surface area contributed by atoms with Gasteiger partial charge in [-0.3, -0.25) is 0 Å². The zero-order valence-electron chi connectivity index (χ0n) is 6.57. The van der Waals surface area contributed by atoms with E-state index in [1.807, 2.05) is 6.92 Å². The van der Waals surface area contributed by atoms with Crippen LogP contribution >= 0.6 is 0 Å². The summed E-state index contributed by atoms with van der Waals surface area (Å²) in [7, 11) is 1.59. The second-order valence-electron chi connectivity index (χ2n) is 2.13. The lowest BCUT2D eigenvalue weighted by Gasteiger charge is -2.00. The average molecular weight is 157 g/mol. The minimum atomic E-state index is -0.140. The smallest absolute Gasteiger partial charge is 0.240 e. The zero-order chi connectivity index (χ0) is 8.27. The van der Waals surface area contributed by atoms with Crippen molar-refractivity contribution < 1.29 is 9.26 Å². The molecule has 5 nitrogen and oxygen atoms in total. The van der Waals surface area contributed by atoms with E-state index < -0.39 is 0 Å². The van der Waals surface area contributed by atoms with Crippen molar-refractivity contribution in [3.05, 3.63) is 11.7 Å². The molecule has 1 atom stereocenters. The largest absolute Gasteiger partial charge is 0.374 e. The van der Waals surface area contributed by atoms with Crippen molar-refractivity contribution in [2.75, 3.05) is 7.11 Å². The monoisotopic (exact) mass is 157 g/mol. The molecule has 0 aliphatic rings. The number of nitrogens with two attached hydrogens (primary N) is 1. The van der Waals surface area contributed by atoms with Crippen molar-refractivity contribution in [2.45, 2.75) is 19.6 Å². The molecule has 0 saturated heterocycles. The van der Waals surface area contributed by atoms with Gasteiger partial charge < -0.3 is 15.0 Å². The number of hydrogen-bond acceptors (Lipinski definition) is 5. The third-order valence-electron chi connectivity index (χ3n) is 1.38. The summed E-state index contributed by atoms with van der Waals surface area (Å²) in [4.78, 5) is 3.97. The SMILES string of the molecule is COC(C)c1noc(CN)n1. The molecule has 5 heteroatoms. The molecule has 1 rings (SSSR count). The maximum atomic E-state index is 5.27. The van der Waals surface area contributed by atoms with Crippen LogP contribution in [-0.4, -0.2) is 17.3 Å². The zero-order valence-corrected chi connectivity index (χ0v) is 6.57. The van der Waals surface area contributed by atoms with E-state index >= 15 is 0 Å². The van der Waals surface area contributed by atoms with E-state index in [2.05, 4.69) is 10.1 Å². The molecule has 0 fully saturated rings. The molecule has 0 aliphatic carbocycles. The van der Waals surface area contributed by atoms with E-state index in [9.17, 15) is 0 Å². The predicted molar refractivity (Wildman–Crippen MR) is 37.6 cm³/mol. The average Bonchev–Trinajstić information content (AvgIpc) is 2.50. The quantitative estimate of drug-likeness (QED) is 0.680. The normalized spacial score (nSPS) is 13.4. The van der Waals surface area contributed by atoms with Crippen LogP contribution in [0.1, 0.15) is 24.7 Å². The van der Waals surface area contributed by atoms with Gasteiger partial charge in [0, 0.05) is 7.11 Å². The van der Waals surface area contributed by atoms with Crippen molar-refractivity contribution in [1.82, 2.24) is 10.1 Å². The van der Waals surface area contributed by atoms with Crippen LogP contribution in [0.2, 0.25) is 0 Å². The first kappa shape index (κ1) is 8.16. The summed E-state index contributed by atoms with van der Waals surface area (Å²) in [5, 5.41) is 3.67. The Balaban J connectivity index is 2.71. The lowest BCUT2D eigenvalue weighted by Crippen LogP contribution is -2.00. The van der Waals surface area contributed by atoms with Gasteiger partial charge in [-0.15, -0.1) is 0 Å². The number of nitrogens with zero attached hydrogens (tertiary/aromatic N) is 2. The summed E-state index contributed by atoms with van der Waals surface area (Å²) in [6, 6.07) is 0. The van der Waals surface area contributed by atoms with Crippen molar-refractivity contribution in [3.8, 4) is 0 Å². The fourth-order valence-electron chi connectivity index (χ4n) is 0.621. The van der Waals surface area contributed by atoms with Crippen molar-refractivity contribution in [1.29, 1.82) is 0 Å². The molecule has 0 bridgehead atoms. The molecular weight excluding hydrogens is 146 g/mol. The fourth-order valence-corrected chi connectivity index (χ4v) is 0.621. The van der Waals surface area contributed by atoms with Gasteiger partial charge in [0.2, 0.25) is 5.89 Å². The Bertz CT molecular complexity index is 223. The Hall–Kier alpha value is -0.940. The molecule has 0 aromatic carbocycles. The Morgan fingerprint density at radius 3 is 2.91 bits per heavy atom. The predicted octanol–water partition coefficient (Wildman–Crippen LogP) is 0.236. The molecule has 0 radical (unpaired) electrons. The number of ether oxygens (including phenoxy) is 1. The molecule has 0 spiro atoms. The van der Waals surface area contributed by atoms with Gasteiger partial charge in [-0.2, -0.15) is 4.98 Å². The first-order valence-corrected chi connectivity index (χ1v) is 3.33. The number of aromatic nitrogens is 2. The van der Waals surface area contributed by atoms with Crippen molar-refractivity contribution in [3.63, 3.8) is 0 Å². The Morgan fingerprint density at radius 2 is 2.45 bits per heavy atom. The lowest BCUT2D eigenvalue weighted by molar-refractivity contribution is 0.109. The van der Waals surface area contributed by atoms with Gasteiger partial charge in [0.05, 0.1) is 6.54 Å². The molecule has 0 amide bonds.